The molecule has 0 unspecified atom stereocenters. The van der Waals surface area contributed by atoms with Gasteiger partial charge in [0.2, 0.25) is 0 Å². The molecule has 1 aliphatic heterocycles. The molecule has 20 heavy (non-hydrogen) atoms. The van der Waals surface area contributed by atoms with Gasteiger partial charge < -0.3 is 14.4 Å². The van der Waals surface area contributed by atoms with E-state index in [4.69, 9.17) is 9.47 Å². The zero-order chi connectivity index (χ0) is 14.5. The van der Waals surface area contributed by atoms with Crippen molar-refractivity contribution in [1.29, 1.82) is 0 Å². The molecule has 0 aliphatic carbocycles. The lowest BCUT2D eigenvalue weighted by Gasteiger charge is -2.32. The van der Waals surface area contributed by atoms with Crippen molar-refractivity contribution >= 4 is 21.8 Å². The summed E-state index contributed by atoms with van der Waals surface area (Å²) < 4.78 is 11.4. The maximum Gasteiger partial charge on any atom is 0.257 e. The molecular weight excluding hydrogens is 322 g/mol. The fraction of sp³-hybridized carbons (Fsp3) is 0.533. The molecule has 1 aliphatic rings. The highest BCUT2D eigenvalue weighted by Crippen LogP contribution is 2.26. The molecule has 2 rings (SSSR count). The first kappa shape index (κ1) is 15.3. The quantitative estimate of drug-likeness (QED) is 0.845. The van der Waals surface area contributed by atoms with E-state index in [1.54, 1.807) is 14.2 Å². The summed E-state index contributed by atoms with van der Waals surface area (Å²) in [5, 5.41) is 0. The third-order valence-corrected chi connectivity index (χ3v) is 4.19. The number of hydrogen-bond acceptors (Lipinski definition) is 3. The number of likely N-dealkylation sites (tertiary alicyclic amines) is 1. The zero-order valence-corrected chi connectivity index (χ0v) is 13.5. The Morgan fingerprint density at radius 3 is 2.65 bits per heavy atom. The molecule has 4 nitrogen and oxygen atoms in total. The summed E-state index contributed by atoms with van der Waals surface area (Å²) in [6.07, 6.45) is 2.00. The van der Waals surface area contributed by atoms with Crippen molar-refractivity contribution in [1.82, 2.24) is 4.90 Å². The second-order valence-corrected chi connectivity index (χ2v) is 5.95. The molecule has 1 heterocycles. The molecule has 0 N–H and O–H groups in total. The number of carbonyl (C=O) groups excluding carboxylic acids is 1. The fourth-order valence-electron chi connectivity index (χ4n) is 2.55. The molecule has 0 atom stereocenters. The lowest BCUT2D eigenvalue weighted by molar-refractivity contribution is 0.0610. The number of rotatable bonds is 4. The van der Waals surface area contributed by atoms with Crippen LogP contribution in [0.3, 0.4) is 0 Å². The van der Waals surface area contributed by atoms with E-state index in [-0.39, 0.29) is 5.91 Å². The van der Waals surface area contributed by atoms with Gasteiger partial charge in [-0.25, -0.2) is 0 Å². The van der Waals surface area contributed by atoms with Crippen LogP contribution in [-0.2, 0) is 4.74 Å². The summed E-state index contributed by atoms with van der Waals surface area (Å²) in [4.78, 5) is 14.5. The average molecular weight is 342 g/mol. The van der Waals surface area contributed by atoms with Gasteiger partial charge in [-0.05, 0) is 37.0 Å². The van der Waals surface area contributed by atoms with Crippen LogP contribution in [0.5, 0.6) is 5.75 Å². The average Bonchev–Trinajstić information content (AvgIpc) is 2.47. The van der Waals surface area contributed by atoms with Gasteiger partial charge in [0.1, 0.15) is 5.75 Å². The Hall–Kier alpha value is -1.07. The number of hydrogen-bond donors (Lipinski definition) is 0. The second kappa shape index (κ2) is 7.09. The van der Waals surface area contributed by atoms with Crippen molar-refractivity contribution in [3.05, 3.63) is 28.2 Å². The van der Waals surface area contributed by atoms with Crippen LogP contribution in [0, 0.1) is 5.92 Å². The van der Waals surface area contributed by atoms with E-state index >= 15 is 0 Å². The lowest BCUT2D eigenvalue weighted by atomic mass is 9.97. The molecule has 0 spiro atoms. The van der Waals surface area contributed by atoms with E-state index in [1.165, 1.54) is 0 Å². The van der Waals surface area contributed by atoms with Crippen LogP contribution in [0.2, 0.25) is 0 Å². The molecule has 0 radical (unpaired) electrons. The van der Waals surface area contributed by atoms with E-state index < -0.39 is 0 Å². The third-order valence-electron chi connectivity index (χ3n) is 3.70. The van der Waals surface area contributed by atoms with Crippen molar-refractivity contribution in [2.24, 2.45) is 5.92 Å². The highest BCUT2D eigenvalue weighted by atomic mass is 79.9. The molecule has 1 fully saturated rings. The predicted molar refractivity (Wildman–Crippen MR) is 81.2 cm³/mol. The highest BCUT2D eigenvalue weighted by molar-refractivity contribution is 9.10. The summed E-state index contributed by atoms with van der Waals surface area (Å²) in [5.41, 5.74) is 0.626. The number of benzene rings is 1. The van der Waals surface area contributed by atoms with E-state index in [0.29, 0.717) is 17.2 Å². The van der Waals surface area contributed by atoms with Gasteiger partial charge in [0.15, 0.2) is 0 Å². The van der Waals surface area contributed by atoms with Crippen LogP contribution < -0.4 is 4.74 Å². The first-order chi connectivity index (χ1) is 9.65. The molecule has 0 bridgehead atoms. The first-order valence-electron chi connectivity index (χ1n) is 6.77. The summed E-state index contributed by atoms with van der Waals surface area (Å²) in [6.45, 7) is 2.35. The van der Waals surface area contributed by atoms with E-state index in [0.717, 1.165) is 37.0 Å². The van der Waals surface area contributed by atoms with Gasteiger partial charge in [0.05, 0.1) is 12.7 Å². The Kier molecular flexibility index (Phi) is 5.43. The van der Waals surface area contributed by atoms with Crippen molar-refractivity contribution in [2.75, 3.05) is 33.9 Å². The SMILES string of the molecule is COCC1CCN(C(=O)c2ccc(Br)cc2OC)CC1. The van der Waals surface area contributed by atoms with Gasteiger partial charge in [0, 0.05) is 31.3 Å². The number of piperidine rings is 1. The standard InChI is InChI=1S/C15H20BrNO3/c1-19-10-11-5-7-17(8-6-11)15(18)13-4-3-12(16)9-14(13)20-2/h3-4,9,11H,5-8,10H2,1-2H3. The predicted octanol–water partition coefficient (Wildman–Crippen LogP) is 2.96. The molecule has 1 aromatic rings. The molecule has 1 aromatic carbocycles. The van der Waals surface area contributed by atoms with Crippen LogP contribution in [0.1, 0.15) is 23.2 Å². The molecule has 0 saturated carbocycles. The topological polar surface area (TPSA) is 38.8 Å². The first-order valence-corrected chi connectivity index (χ1v) is 7.56. The van der Waals surface area contributed by atoms with Crippen LogP contribution in [0.15, 0.2) is 22.7 Å². The van der Waals surface area contributed by atoms with Crippen LogP contribution in [0.4, 0.5) is 0 Å². The molecule has 1 saturated heterocycles. The minimum absolute atomic E-state index is 0.0465. The summed E-state index contributed by atoms with van der Waals surface area (Å²) in [5.74, 6) is 1.23. The van der Waals surface area contributed by atoms with Crippen molar-refractivity contribution in [2.45, 2.75) is 12.8 Å². The number of carbonyl (C=O) groups is 1. The largest absolute Gasteiger partial charge is 0.496 e. The maximum absolute atomic E-state index is 12.6. The van der Waals surface area contributed by atoms with Crippen molar-refractivity contribution in [3.8, 4) is 5.75 Å². The van der Waals surface area contributed by atoms with Crippen LogP contribution in [-0.4, -0.2) is 44.7 Å². The van der Waals surface area contributed by atoms with Gasteiger partial charge in [0.25, 0.3) is 5.91 Å². The Labute approximate surface area is 128 Å². The monoisotopic (exact) mass is 341 g/mol. The molecule has 1 amide bonds. The summed E-state index contributed by atoms with van der Waals surface area (Å²) >= 11 is 3.39. The number of amides is 1. The lowest BCUT2D eigenvalue weighted by Crippen LogP contribution is -2.39. The molecule has 110 valence electrons. The number of nitrogens with zero attached hydrogens (tertiary/aromatic N) is 1. The maximum atomic E-state index is 12.6. The Bertz CT molecular complexity index is 470. The number of ether oxygens (including phenoxy) is 2. The van der Waals surface area contributed by atoms with Crippen molar-refractivity contribution < 1.29 is 14.3 Å². The number of halogens is 1. The van der Waals surface area contributed by atoms with E-state index in [9.17, 15) is 4.79 Å². The zero-order valence-electron chi connectivity index (χ0n) is 11.9. The van der Waals surface area contributed by atoms with Crippen molar-refractivity contribution in [3.63, 3.8) is 0 Å². The Morgan fingerprint density at radius 1 is 1.35 bits per heavy atom. The molecule has 5 heteroatoms. The molecule has 0 aromatic heterocycles. The van der Waals surface area contributed by atoms with Gasteiger partial charge in [-0.3, -0.25) is 4.79 Å². The third kappa shape index (κ3) is 3.52. The van der Waals surface area contributed by atoms with Gasteiger partial charge >= 0.3 is 0 Å². The highest BCUT2D eigenvalue weighted by Gasteiger charge is 2.25. The molecular formula is C15H20BrNO3. The summed E-state index contributed by atoms with van der Waals surface area (Å²) in [6, 6.07) is 5.50. The van der Waals surface area contributed by atoms with Crippen LogP contribution >= 0.6 is 15.9 Å². The van der Waals surface area contributed by atoms with Gasteiger partial charge in [-0.1, -0.05) is 15.9 Å². The normalized spacial score (nSPS) is 16.2. The smallest absolute Gasteiger partial charge is 0.257 e. The number of methoxy groups -OCH3 is 2. The van der Waals surface area contributed by atoms with Crippen LogP contribution in [0.25, 0.3) is 0 Å². The minimum atomic E-state index is 0.0465. The van der Waals surface area contributed by atoms with E-state index in [2.05, 4.69) is 15.9 Å². The summed E-state index contributed by atoms with van der Waals surface area (Å²) in [7, 11) is 3.31. The second-order valence-electron chi connectivity index (χ2n) is 5.04. The fourth-order valence-corrected chi connectivity index (χ4v) is 2.89. The Morgan fingerprint density at radius 2 is 2.05 bits per heavy atom. The minimum Gasteiger partial charge on any atom is -0.496 e. The van der Waals surface area contributed by atoms with Gasteiger partial charge in [-0.15, -0.1) is 0 Å². The Balaban J connectivity index is 2.05. The van der Waals surface area contributed by atoms with Gasteiger partial charge in [-0.2, -0.15) is 0 Å². The van der Waals surface area contributed by atoms with E-state index in [1.807, 2.05) is 23.1 Å².